The average Bonchev–Trinajstić information content (AvgIpc) is 2.40. The maximum absolute atomic E-state index is 12.9. The molecule has 0 aromatic heterocycles. The summed E-state index contributed by atoms with van der Waals surface area (Å²) in [5, 5.41) is 9.43. The summed E-state index contributed by atoms with van der Waals surface area (Å²) in [6.07, 6.45) is -8.31. The Bertz CT molecular complexity index is 491. The Morgan fingerprint density at radius 2 is 1.46 bits per heavy atom. The normalized spacial score (nSPS) is 19.0. The molecule has 0 spiro atoms. The molecule has 24 heavy (non-hydrogen) atoms. The first kappa shape index (κ1) is 21.1. The maximum Gasteiger partial charge on any atom is 0.430 e. The van der Waals surface area contributed by atoms with Crippen molar-refractivity contribution in [1.82, 2.24) is 0 Å². The molecule has 140 valence electrons. The average molecular weight is 358 g/mol. The van der Waals surface area contributed by atoms with Crippen LogP contribution in [0.25, 0.3) is 0 Å². The van der Waals surface area contributed by atoms with Gasteiger partial charge in [-0.25, -0.2) is 0 Å². The molecule has 0 bridgehead atoms. The van der Waals surface area contributed by atoms with Gasteiger partial charge in [0.25, 0.3) is 5.60 Å². The zero-order chi connectivity index (χ0) is 19.0. The summed E-state index contributed by atoms with van der Waals surface area (Å²) in [6.45, 7) is 8.04. The van der Waals surface area contributed by atoms with Gasteiger partial charge < -0.3 is 5.11 Å². The lowest BCUT2D eigenvalue weighted by Crippen LogP contribution is -2.58. The Morgan fingerprint density at radius 3 is 1.75 bits per heavy atom. The number of hydrogen-bond donors (Lipinski definition) is 1. The minimum absolute atomic E-state index is 0.00415. The second-order valence-electron chi connectivity index (χ2n) is 7.51. The highest BCUT2D eigenvalue weighted by molar-refractivity contribution is 5.34. The lowest BCUT2D eigenvalue weighted by molar-refractivity contribution is -0.352. The molecule has 1 aliphatic rings. The summed E-state index contributed by atoms with van der Waals surface area (Å²) in [7, 11) is 0. The summed E-state index contributed by atoms with van der Waals surface area (Å²) in [4.78, 5) is 0. The summed E-state index contributed by atoms with van der Waals surface area (Å²) in [6, 6.07) is 0. The topological polar surface area (TPSA) is 20.2 Å². The van der Waals surface area contributed by atoms with E-state index < -0.39 is 29.9 Å². The van der Waals surface area contributed by atoms with Gasteiger partial charge in [-0.2, -0.15) is 26.3 Å². The minimum atomic E-state index is -5.81. The highest BCUT2D eigenvalue weighted by atomic mass is 19.4. The SMILES string of the molecule is CCC(CC(C)(C)C)C1=CC=C(C(O)(C(F)(F)F)C(F)(F)F)CC1. The van der Waals surface area contributed by atoms with Gasteiger partial charge in [-0.15, -0.1) is 0 Å². The smallest absolute Gasteiger partial charge is 0.370 e. The molecule has 0 radical (unpaired) electrons. The largest absolute Gasteiger partial charge is 0.430 e. The standard InChI is InChI=1S/C17H24F6O/c1-5-11(10-14(2,3)4)12-6-8-13(9-7-12)15(24,16(18,19)20)17(21,22)23/h6,8,11,24H,5,7,9-10H2,1-4H3. The van der Waals surface area contributed by atoms with Crippen molar-refractivity contribution in [1.29, 1.82) is 0 Å². The number of rotatable bonds is 4. The molecule has 0 aromatic carbocycles. The first-order valence-electron chi connectivity index (χ1n) is 7.89. The molecule has 1 atom stereocenters. The van der Waals surface area contributed by atoms with Gasteiger partial charge in [-0.3, -0.25) is 0 Å². The molecule has 0 saturated heterocycles. The van der Waals surface area contributed by atoms with Crippen LogP contribution in [0.5, 0.6) is 0 Å². The van der Waals surface area contributed by atoms with Gasteiger partial charge in [0.05, 0.1) is 0 Å². The Kier molecular flexibility index (Phi) is 5.91. The molecule has 0 saturated carbocycles. The van der Waals surface area contributed by atoms with Crippen molar-refractivity contribution in [2.75, 3.05) is 0 Å². The van der Waals surface area contributed by atoms with Crippen molar-refractivity contribution >= 4 is 0 Å². The highest BCUT2D eigenvalue weighted by Crippen LogP contribution is 2.50. The van der Waals surface area contributed by atoms with Crippen molar-refractivity contribution in [3.63, 3.8) is 0 Å². The molecular formula is C17H24F6O. The van der Waals surface area contributed by atoms with Crippen LogP contribution < -0.4 is 0 Å². The number of halogens is 6. The van der Waals surface area contributed by atoms with Crippen LogP contribution >= 0.6 is 0 Å². The Morgan fingerprint density at radius 1 is 0.958 bits per heavy atom. The quantitative estimate of drug-likeness (QED) is 0.616. The summed E-state index contributed by atoms with van der Waals surface area (Å²) < 4.78 is 77.4. The second-order valence-corrected chi connectivity index (χ2v) is 7.51. The van der Waals surface area contributed by atoms with E-state index in [1.165, 1.54) is 6.08 Å². The summed E-state index contributed by atoms with van der Waals surface area (Å²) >= 11 is 0. The first-order chi connectivity index (χ1) is 10.6. The van der Waals surface area contributed by atoms with E-state index in [0.717, 1.165) is 24.5 Å². The van der Waals surface area contributed by atoms with Crippen molar-refractivity contribution in [2.24, 2.45) is 11.3 Å². The van der Waals surface area contributed by atoms with E-state index in [0.29, 0.717) is 0 Å². The Labute approximate surface area is 138 Å². The van der Waals surface area contributed by atoms with E-state index in [9.17, 15) is 31.4 Å². The van der Waals surface area contributed by atoms with Gasteiger partial charge in [-0.1, -0.05) is 45.4 Å². The fraction of sp³-hybridized carbons (Fsp3) is 0.765. The third kappa shape index (κ3) is 4.35. The molecule has 1 N–H and O–H groups in total. The van der Waals surface area contributed by atoms with Gasteiger partial charge in [0.2, 0.25) is 0 Å². The van der Waals surface area contributed by atoms with Crippen molar-refractivity contribution in [3.05, 3.63) is 23.3 Å². The predicted octanol–water partition coefficient (Wildman–Crippen LogP) is 5.95. The van der Waals surface area contributed by atoms with Crippen LogP contribution in [0.3, 0.4) is 0 Å². The number of alkyl halides is 6. The molecular weight excluding hydrogens is 334 g/mol. The fourth-order valence-electron chi connectivity index (χ4n) is 3.10. The van der Waals surface area contributed by atoms with E-state index >= 15 is 0 Å². The van der Waals surface area contributed by atoms with Crippen LogP contribution in [-0.4, -0.2) is 23.1 Å². The van der Waals surface area contributed by atoms with Crippen LogP contribution in [0.15, 0.2) is 23.3 Å². The summed E-state index contributed by atoms with van der Waals surface area (Å²) in [5.74, 6) is 0.104. The third-order valence-corrected chi connectivity index (χ3v) is 4.34. The molecule has 0 heterocycles. The molecule has 0 fully saturated rings. The van der Waals surface area contributed by atoms with E-state index in [4.69, 9.17) is 0 Å². The monoisotopic (exact) mass is 358 g/mol. The van der Waals surface area contributed by atoms with E-state index in [2.05, 4.69) is 0 Å². The molecule has 1 unspecified atom stereocenters. The number of hydrogen-bond acceptors (Lipinski definition) is 1. The zero-order valence-corrected chi connectivity index (χ0v) is 14.3. The van der Waals surface area contributed by atoms with E-state index in [1.54, 1.807) is 0 Å². The predicted molar refractivity (Wildman–Crippen MR) is 80.3 cm³/mol. The lowest BCUT2D eigenvalue weighted by atomic mass is 9.75. The van der Waals surface area contributed by atoms with Crippen LogP contribution in [0.2, 0.25) is 0 Å². The van der Waals surface area contributed by atoms with Gasteiger partial charge in [-0.05, 0) is 42.6 Å². The molecule has 1 rings (SSSR count). The van der Waals surface area contributed by atoms with Gasteiger partial charge in [0.1, 0.15) is 0 Å². The molecule has 1 aliphatic carbocycles. The second kappa shape index (κ2) is 6.73. The number of allylic oxidation sites excluding steroid dienone is 3. The van der Waals surface area contributed by atoms with E-state index in [1.807, 2.05) is 27.7 Å². The van der Waals surface area contributed by atoms with Crippen molar-refractivity contribution in [3.8, 4) is 0 Å². The zero-order valence-electron chi connectivity index (χ0n) is 14.3. The van der Waals surface area contributed by atoms with Crippen molar-refractivity contribution < 1.29 is 31.4 Å². The first-order valence-corrected chi connectivity index (χ1v) is 7.89. The molecule has 1 nitrogen and oxygen atoms in total. The Balaban J connectivity index is 3.18. The fourth-order valence-corrected chi connectivity index (χ4v) is 3.10. The molecule has 0 aliphatic heterocycles. The van der Waals surface area contributed by atoms with Gasteiger partial charge >= 0.3 is 12.4 Å². The van der Waals surface area contributed by atoms with Crippen LogP contribution in [0.1, 0.15) is 53.4 Å². The van der Waals surface area contributed by atoms with Crippen molar-refractivity contribution in [2.45, 2.75) is 71.3 Å². The third-order valence-electron chi connectivity index (χ3n) is 4.34. The van der Waals surface area contributed by atoms with Gasteiger partial charge in [0.15, 0.2) is 0 Å². The minimum Gasteiger partial charge on any atom is -0.370 e. The maximum atomic E-state index is 12.9. The van der Waals surface area contributed by atoms with Gasteiger partial charge in [0, 0.05) is 0 Å². The molecule has 0 amide bonds. The lowest BCUT2D eigenvalue weighted by Gasteiger charge is -2.36. The molecule has 7 heteroatoms. The number of aliphatic hydroxyl groups is 1. The van der Waals surface area contributed by atoms with Crippen LogP contribution in [0.4, 0.5) is 26.3 Å². The van der Waals surface area contributed by atoms with Crippen LogP contribution in [-0.2, 0) is 0 Å². The highest BCUT2D eigenvalue weighted by Gasteiger charge is 2.72. The van der Waals surface area contributed by atoms with E-state index in [-0.39, 0.29) is 17.8 Å². The van der Waals surface area contributed by atoms with Crippen LogP contribution in [0, 0.1) is 11.3 Å². The Hall–Kier alpha value is -0.980. The summed E-state index contributed by atoms with van der Waals surface area (Å²) in [5.41, 5.74) is -4.99. The molecule has 0 aromatic rings.